The van der Waals surface area contributed by atoms with Gasteiger partial charge in [-0.1, -0.05) is 0 Å². The van der Waals surface area contributed by atoms with E-state index in [9.17, 15) is 18.0 Å². The number of amides is 1. The van der Waals surface area contributed by atoms with Gasteiger partial charge in [-0.15, -0.1) is 13.2 Å². The van der Waals surface area contributed by atoms with Gasteiger partial charge in [-0.2, -0.15) is 0 Å². The first-order valence-electron chi connectivity index (χ1n) is 5.13. The first kappa shape index (κ1) is 13.0. The summed E-state index contributed by atoms with van der Waals surface area (Å²) in [6.07, 6.45) is -2.13. The second-order valence-corrected chi connectivity index (χ2v) is 3.54. The van der Waals surface area contributed by atoms with Gasteiger partial charge in [-0.25, -0.2) is 0 Å². The molecule has 2 rings (SSSR count). The summed E-state index contributed by atoms with van der Waals surface area (Å²) in [4.78, 5) is 11.6. The van der Waals surface area contributed by atoms with E-state index in [1.807, 2.05) is 0 Å². The van der Waals surface area contributed by atoms with Crippen molar-refractivity contribution >= 4 is 11.6 Å². The van der Waals surface area contributed by atoms with Crippen LogP contribution in [0.25, 0.3) is 0 Å². The fourth-order valence-electron chi connectivity index (χ4n) is 1.34. The molecule has 1 heterocycles. The molecule has 0 radical (unpaired) electrons. The summed E-state index contributed by atoms with van der Waals surface area (Å²) in [5.74, 6) is -0.771. The standard InChI is InChI=1S/C12H8F3NO3/c13-12(14,15)19-10-3-1-9(2-4-10)16-11(17)8-5-6-18-7-8/h1-7H,(H,16,17). The molecule has 0 unspecified atom stereocenters. The number of hydrogen-bond donors (Lipinski definition) is 1. The van der Waals surface area contributed by atoms with Crippen LogP contribution in [0.4, 0.5) is 18.9 Å². The minimum absolute atomic E-state index is 0.315. The van der Waals surface area contributed by atoms with Crippen molar-refractivity contribution < 1.29 is 27.1 Å². The van der Waals surface area contributed by atoms with E-state index in [2.05, 4.69) is 10.1 Å². The zero-order valence-corrected chi connectivity index (χ0v) is 9.40. The second kappa shape index (κ2) is 5.05. The first-order chi connectivity index (χ1) is 8.94. The van der Waals surface area contributed by atoms with Crippen LogP contribution in [0.15, 0.2) is 47.3 Å². The smallest absolute Gasteiger partial charge is 0.472 e. The van der Waals surface area contributed by atoms with Gasteiger partial charge in [0, 0.05) is 5.69 Å². The number of carbonyl (C=O) groups is 1. The Morgan fingerprint density at radius 1 is 1.16 bits per heavy atom. The molecule has 1 N–H and O–H groups in total. The molecule has 0 atom stereocenters. The van der Waals surface area contributed by atoms with Crippen LogP contribution in [-0.2, 0) is 0 Å². The highest BCUT2D eigenvalue weighted by Crippen LogP contribution is 2.24. The second-order valence-electron chi connectivity index (χ2n) is 3.54. The molecule has 0 fully saturated rings. The zero-order chi connectivity index (χ0) is 13.9. The van der Waals surface area contributed by atoms with Gasteiger partial charge in [0.1, 0.15) is 12.0 Å². The maximum atomic E-state index is 11.9. The number of nitrogens with one attached hydrogen (secondary N) is 1. The van der Waals surface area contributed by atoms with E-state index in [1.54, 1.807) is 0 Å². The van der Waals surface area contributed by atoms with Crippen LogP contribution in [-0.4, -0.2) is 12.3 Å². The fraction of sp³-hybridized carbons (Fsp3) is 0.0833. The average Bonchev–Trinajstić information content (AvgIpc) is 2.83. The van der Waals surface area contributed by atoms with Gasteiger partial charge in [-0.3, -0.25) is 4.79 Å². The van der Waals surface area contributed by atoms with Crippen molar-refractivity contribution in [3.63, 3.8) is 0 Å². The van der Waals surface area contributed by atoms with Crippen molar-refractivity contribution in [2.45, 2.75) is 6.36 Å². The molecule has 7 heteroatoms. The monoisotopic (exact) mass is 271 g/mol. The van der Waals surface area contributed by atoms with Crippen LogP contribution in [0.1, 0.15) is 10.4 Å². The molecule has 4 nitrogen and oxygen atoms in total. The Morgan fingerprint density at radius 2 is 1.84 bits per heavy atom. The van der Waals surface area contributed by atoms with E-state index in [-0.39, 0.29) is 5.75 Å². The van der Waals surface area contributed by atoms with Crippen molar-refractivity contribution in [1.29, 1.82) is 0 Å². The van der Waals surface area contributed by atoms with E-state index < -0.39 is 12.3 Å². The van der Waals surface area contributed by atoms with E-state index >= 15 is 0 Å². The highest BCUT2D eigenvalue weighted by molar-refractivity contribution is 6.03. The van der Waals surface area contributed by atoms with Crippen molar-refractivity contribution in [2.24, 2.45) is 0 Å². The molecule has 1 aromatic heterocycles. The number of halogens is 3. The lowest BCUT2D eigenvalue weighted by molar-refractivity contribution is -0.274. The summed E-state index contributed by atoms with van der Waals surface area (Å²) in [5, 5.41) is 2.50. The third-order valence-electron chi connectivity index (χ3n) is 2.13. The van der Waals surface area contributed by atoms with Gasteiger partial charge in [-0.05, 0) is 30.3 Å². The Balaban J connectivity index is 2.01. The largest absolute Gasteiger partial charge is 0.573 e. The fourth-order valence-corrected chi connectivity index (χ4v) is 1.34. The molecule has 0 saturated heterocycles. The molecular weight excluding hydrogens is 263 g/mol. The quantitative estimate of drug-likeness (QED) is 0.930. The summed E-state index contributed by atoms with van der Waals surface area (Å²) in [5.41, 5.74) is 0.663. The summed E-state index contributed by atoms with van der Waals surface area (Å²) >= 11 is 0. The third kappa shape index (κ3) is 3.77. The summed E-state index contributed by atoms with van der Waals surface area (Å²) in [6, 6.07) is 6.30. The Labute approximate surface area is 105 Å². The van der Waals surface area contributed by atoms with Crippen molar-refractivity contribution in [3.8, 4) is 5.75 Å². The number of rotatable bonds is 3. The summed E-state index contributed by atoms with van der Waals surface area (Å²) in [6.45, 7) is 0. The molecule has 0 aliphatic carbocycles. The van der Waals surface area contributed by atoms with Gasteiger partial charge in [0.2, 0.25) is 0 Å². The molecule has 2 aromatic rings. The van der Waals surface area contributed by atoms with Crippen LogP contribution in [0.2, 0.25) is 0 Å². The number of anilines is 1. The molecule has 100 valence electrons. The normalized spacial score (nSPS) is 11.1. The number of hydrogen-bond acceptors (Lipinski definition) is 3. The Hall–Kier alpha value is -2.44. The minimum Gasteiger partial charge on any atom is -0.472 e. The van der Waals surface area contributed by atoms with Crippen molar-refractivity contribution in [3.05, 3.63) is 48.4 Å². The highest BCUT2D eigenvalue weighted by atomic mass is 19.4. The molecule has 0 spiro atoms. The van der Waals surface area contributed by atoms with Crippen LogP contribution >= 0.6 is 0 Å². The lowest BCUT2D eigenvalue weighted by Gasteiger charge is -2.09. The number of furan rings is 1. The van der Waals surface area contributed by atoms with Crippen molar-refractivity contribution in [2.75, 3.05) is 5.32 Å². The molecule has 1 amide bonds. The SMILES string of the molecule is O=C(Nc1ccc(OC(F)(F)F)cc1)c1ccoc1. The maximum absolute atomic E-state index is 11.9. The Morgan fingerprint density at radius 3 is 2.37 bits per heavy atom. The number of ether oxygens (including phenoxy) is 1. The van der Waals surface area contributed by atoms with Gasteiger partial charge >= 0.3 is 6.36 Å². The minimum atomic E-state index is -4.73. The number of benzene rings is 1. The predicted octanol–water partition coefficient (Wildman–Crippen LogP) is 3.43. The lowest BCUT2D eigenvalue weighted by atomic mass is 10.2. The molecule has 0 bridgehead atoms. The van der Waals surface area contributed by atoms with E-state index in [1.165, 1.54) is 30.7 Å². The Bertz CT molecular complexity index is 547. The first-order valence-corrected chi connectivity index (χ1v) is 5.13. The average molecular weight is 271 g/mol. The van der Waals surface area contributed by atoms with Crippen molar-refractivity contribution in [1.82, 2.24) is 0 Å². The number of carbonyl (C=O) groups excluding carboxylic acids is 1. The molecule has 1 aromatic carbocycles. The Kier molecular flexibility index (Phi) is 3.46. The summed E-state index contributed by atoms with van der Waals surface area (Å²) < 4.78 is 44.3. The highest BCUT2D eigenvalue weighted by Gasteiger charge is 2.30. The van der Waals surface area contributed by atoms with Crippen LogP contribution in [0, 0.1) is 0 Å². The van der Waals surface area contributed by atoms with E-state index in [0.717, 1.165) is 12.1 Å². The molecule has 0 aliphatic heterocycles. The van der Waals surface area contributed by atoms with E-state index in [0.29, 0.717) is 11.3 Å². The van der Waals surface area contributed by atoms with Gasteiger partial charge < -0.3 is 14.5 Å². The number of alkyl halides is 3. The molecule has 19 heavy (non-hydrogen) atoms. The van der Waals surface area contributed by atoms with Crippen LogP contribution in [0.5, 0.6) is 5.75 Å². The molecule has 0 aliphatic rings. The topological polar surface area (TPSA) is 51.5 Å². The van der Waals surface area contributed by atoms with Gasteiger partial charge in [0.05, 0.1) is 11.8 Å². The van der Waals surface area contributed by atoms with Gasteiger partial charge in [0.25, 0.3) is 5.91 Å². The van der Waals surface area contributed by atoms with E-state index in [4.69, 9.17) is 4.42 Å². The predicted molar refractivity (Wildman–Crippen MR) is 59.8 cm³/mol. The van der Waals surface area contributed by atoms with Gasteiger partial charge in [0.15, 0.2) is 0 Å². The summed E-state index contributed by atoms with van der Waals surface area (Å²) in [7, 11) is 0. The zero-order valence-electron chi connectivity index (χ0n) is 9.40. The van der Waals surface area contributed by atoms with Crippen LogP contribution in [0.3, 0.4) is 0 Å². The third-order valence-corrected chi connectivity index (χ3v) is 2.13. The molecular formula is C12H8F3NO3. The molecule has 0 saturated carbocycles. The van der Waals surface area contributed by atoms with Crippen LogP contribution < -0.4 is 10.1 Å². The maximum Gasteiger partial charge on any atom is 0.573 e. The lowest BCUT2D eigenvalue weighted by Crippen LogP contribution is -2.17.